The highest BCUT2D eigenvalue weighted by Gasteiger charge is 2.22. The number of amides is 1. The number of rotatable bonds is 1. The van der Waals surface area contributed by atoms with Gasteiger partial charge in [-0.2, -0.15) is 4.72 Å². The number of carbonyl (C=O) groups excluding carboxylic acids is 1. The molecule has 0 aliphatic carbocycles. The van der Waals surface area contributed by atoms with Crippen molar-refractivity contribution < 1.29 is 14.1 Å². The number of aromatic nitrogens is 4. The first kappa shape index (κ1) is 23.3. The van der Waals surface area contributed by atoms with Gasteiger partial charge in [0.15, 0.2) is 4.90 Å². The maximum Gasteiger partial charge on any atom is 0.251 e. The summed E-state index contributed by atoms with van der Waals surface area (Å²) in [6.45, 7) is 2.29. The lowest BCUT2D eigenvalue weighted by Crippen LogP contribution is -2.23. The lowest BCUT2D eigenvalue weighted by molar-refractivity contribution is 0.0950. The second kappa shape index (κ2) is 9.43. The van der Waals surface area contributed by atoms with E-state index in [0.717, 1.165) is 43.0 Å². The van der Waals surface area contributed by atoms with Crippen LogP contribution in [0.2, 0.25) is 0 Å². The third-order valence-electron chi connectivity index (χ3n) is 6.04. The number of ether oxygens (including phenoxy) is 1. The summed E-state index contributed by atoms with van der Waals surface area (Å²) in [4.78, 5) is 32.3. The molecule has 0 saturated heterocycles. The number of nitrogens with zero attached hydrogens (tertiary/aromatic N) is 4. The number of thiophene rings is 1. The second-order valence-electron chi connectivity index (χ2n) is 8.40. The predicted octanol–water partition coefficient (Wildman–Crippen LogP) is 4.51. The summed E-state index contributed by atoms with van der Waals surface area (Å²) >= 11 is -0.111. The number of hydrogen-bond acceptors (Lipinski definition) is 9. The van der Waals surface area contributed by atoms with E-state index in [-0.39, 0.29) is 12.5 Å². The molecule has 1 aliphatic heterocycles. The summed E-state index contributed by atoms with van der Waals surface area (Å²) in [5, 5.41) is 2.92. The molecule has 37 heavy (non-hydrogen) atoms. The van der Waals surface area contributed by atoms with Gasteiger partial charge in [-0.15, -0.1) is 11.3 Å². The van der Waals surface area contributed by atoms with Gasteiger partial charge >= 0.3 is 0 Å². The topological polar surface area (TPSA) is 125 Å². The van der Waals surface area contributed by atoms with Gasteiger partial charge in [-0.3, -0.25) is 9.78 Å². The molecule has 0 spiro atoms. The zero-order chi connectivity index (χ0) is 25.5. The molecule has 184 valence electrons. The normalized spacial score (nSPS) is 15.0. The molecule has 0 fully saturated rings. The third kappa shape index (κ3) is 4.26. The van der Waals surface area contributed by atoms with Crippen LogP contribution in [0.3, 0.4) is 0 Å². The van der Waals surface area contributed by atoms with Gasteiger partial charge in [0.25, 0.3) is 5.91 Å². The Balaban J connectivity index is 1.57. The molecule has 1 atom stereocenters. The van der Waals surface area contributed by atoms with Crippen molar-refractivity contribution in [3.63, 3.8) is 0 Å². The van der Waals surface area contributed by atoms with Gasteiger partial charge in [-0.25, -0.2) is 15.0 Å². The summed E-state index contributed by atoms with van der Waals surface area (Å²) in [5.41, 5.74) is 5.95. The van der Waals surface area contributed by atoms with Gasteiger partial charge < -0.3 is 14.6 Å². The van der Waals surface area contributed by atoms with Crippen LogP contribution in [0.5, 0.6) is 5.88 Å². The molecule has 0 radical (unpaired) electrons. The number of fused-ring (bicyclic) bond motifs is 9. The molecule has 9 nitrogen and oxygen atoms in total. The Kier molecular flexibility index (Phi) is 5.95. The Morgan fingerprint density at radius 3 is 2.81 bits per heavy atom. The SMILES string of the molecule is COc1ncc2cc1N[S+]([O-])c1cccc(c1)C(=O)NCc1cncc(c1)-c1ncnc3c(C)c-2sc13. The van der Waals surface area contributed by atoms with E-state index in [9.17, 15) is 9.35 Å². The van der Waals surface area contributed by atoms with Crippen LogP contribution in [0.25, 0.3) is 31.9 Å². The quantitative estimate of drug-likeness (QED) is 0.305. The monoisotopic (exact) mass is 528 g/mol. The maximum absolute atomic E-state index is 13.3. The number of hydrogen-bond donors (Lipinski definition) is 2. The largest absolute Gasteiger partial charge is 0.588 e. The van der Waals surface area contributed by atoms with Gasteiger partial charge in [0.05, 0.1) is 23.0 Å². The van der Waals surface area contributed by atoms with E-state index in [1.807, 2.05) is 19.1 Å². The van der Waals surface area contributed by atoms with E-state index in [1.54, 1.807) is 60.5 Å². The first-order chi connectivity index (χ1) is 18.0. The molecular formula is C26H20N6O3S2. The molecule has 11 heteroatoms. The number of carbonyl (C=O) groups is 1. The highest BCUT2D eigenvalue weighted by molar-refractivity contribution is 7.92. The van der Waals surface area contributed by atoms with E-state index in [1.165, 1.54) is 7.11 Å². The summed E-state index contributed by atoms with van der Waals surface area (Å²) < 4.78 is 22.6. The summed E-state index contributed by atoms with van der Waals surface area (Å²) in [6, 6.07) is 10.5. The molecule has 1 amide bonds. The fraction of sp³-hybridized carbons (Fsp3) is 0.115. The van der Waals surface area contributed by atoms with Crippen LogP contribution in [0, 0.1) is 6.92 Å². The Labute approximate surface area is 219 Å². The van der Waals surface area contributed by atoms with Crippen LogP contribution < -0.4 is 14.8 Å². The van der Waals surface area contributed by atoms with E-state index in [0.29, 0.717) is 22.0 Å². The molecule has 1 unspecified atom stereocenters. The predicted molar refractivity (Wildman–Crippen MR) is 143 cm³/mol. The highest BCUT2D eigenvalue weighted by atomic mass is 32.2. The van der Waals surface area contributed by atoms with Gasteiger partial charge in [0, 0.05) is 52.8 Å². The summed E-state index contributed by atoms with van der Waals surface area (Å²) in [5.74, 6) is 0.0251. The van der Waals surface area contributed by atoms with Crippen LogP contribution in [0.4, 0.5) is 5.69 Å². The highest BCUT2D eigenvalue weighted by Crippen LogP contribution is 2.42. The standard InChI is InChI=1S/C26H20N6O3S2/c1-14-21-24-22(31-13-30-21)17-6-15(9-27-11-17)10-28-25(33)16-4-3-5-19(7-16)37(34)32-20-8-18(23(14)36-24)12-29-26(20)35-2/h3-9,11-13,32H,10H2,1-2H3,(H,28,33). The van der Waals surface area contributed by atoms with Crippen molar-refractivity contribution in [2.45, 2.75) is 18.4 Å². The van der Waals surface area contributed by atoms with Crippen LogP contribution in [0.15, 0.2) is 66.2 Å². The van der Waals surface area contributed by atoms with Crippen molar-refractivity contribution >= 4 is 44.5 Å². The Morgan fingerprint density at radius 2 is 1.95 bits per heavy atom. The zero-order valence-electron chi connectivity index (χ0n) is 19.8. The number of benzene rings is 1. The van der Waals surface area contributed by atoms with Gasteiger partial charge in [-0.1, -0.05) is 6.07 Å². The minimum atomic E-state index is -1.67. The first-order valence-corrected chi connectivity index (χ1v) is 13.3. The minimum absolute atomic E-state index is 0.279. The van der Waals surface area contributed by atoms with Gasteiger partial charge in [-0.05, 0) is 42.3 Å². The molecule has 2 N–H and O–H groups in total. The van der Waals surface area contributed by atoms with Gasteiger partial charge in [0.1, 0.15) is 23.4 Å². The van der Waals surface area contributed by atoms with E-state index in [2.05, 4.69) is 30.0 Å². The molecule has 6 rings (SSSR count). The van der Waals surface area contributed by atoms with Gasteiger partial charge in [0.2, 0.25) is 5.88 Å². The van der Waals surface area contributed by atoms with Crippen molar-refractivity contribution in [3.05, 3.63) is 78.0 Å². The van der Waals surface area contributed by atoms with Crippen LogP contribution >= 0.6 is 11.3 Å². The number of pyridine rings is 2. The Bertz CT molecular complexity index is 1670. The lowest BCUT2D eigenvalue weighted by Gasteiger charge is -2.15. The second-order valence-corrected chi connectivity index (χ2v) is 10.6. The first-order valence-electron chi connectivity index (χ1n) is 11.3. The lowest BCUT2D eigenvalue weighted by atomic mass is 10.1. The van der Waals surface area contributed by atoms with E-state index in [4.69, 9.17) is 4.74 Å². The van der Waals surface area contributed by atoms with Crippen LogP contribution in [0.1, 0.15) is 21.5 Å². The summed E-state index contributed by atoms with van der Waals surface area (Å²) in [6.07, 6.45) is 6.75. The average molecular weight is 529 g/mol. The Morgan fingerprint density at radius 1 is 1.05 bits per heavy atom. The fourth-order valence-electron chi connectivity index (χ4n) is 4.23. The number of nitrogens with one attached hydrogen (secondary N) is 2. The number of methoxy groups -OCH3 is 1. The van der Waals surface area contributed by atoms with Crippen LogP contribution in [-0.4, -0.2) is 37.5 Å². The molecule has 0 saturated carbocycles. The molecule has 4 aromatic heterocycles. The van der Waals surface area contributed by atoms with Crippen molar-refractivity contribution in [1.29, 1.82) is 0 Å². The number of anilines is 1. The molecule has 8 bridgehead atoms. The van der Waals surface area contributed by atoms with E-state index < -0.39 is 11.4 Å². The van der Waals surface area contributed by atoms with Crippen molar-refractivity contribution in [3.8, 4) is 27.6 Å². The smallest absolute Gasteiger partial charge is 0.251 e. The van der Waals surface area contributed by atoms with E-state index >= 15 is 0 Å². The molecule has 1 aliphatic rings. The fourth-order valence-corrected chi connectivity index (χ4v) is 6.38. The third-order valence-corrected chi connectivity index (χ3v) is 8.47. The molecule has 5 aromatic rings. The Hall–Kier alpha value is -4.06. The van der Waals surface area contributed by atoms with Crippen molar-refractivity contribution in [2.24, 2.45) is 0 Å². The molecule has 1 aromatic carbocycles. The summed E-state index contributed by atoms with van der Waals surface area (Å²) in [7, 11) is 1.51. The molecule has 5 heterocycles. The van der Waals surface area contributed by atoms with Crippen LogP contribution in [-0.2, 0) is 17.9 Å². The zero-order valence-corrected chi connectivity index (χ0v) is 21.4. The molecular weight excluding hydrogens is 508 g/mol. The minimum Gasteiger partial charge on any atom is -0.588 e. The average Bonchev–Trinajstić information content (AvgIpc) is 3.28. The maximum atomic E-state index is 13.3. The number of aryl methyl sites for hydroxylation is 1. The van der Waals surface area contributed by atoms with Crippen molar-refractivity contribution in [1.82, 2.24) is 25.3 Å². The van der Waals surface area contributed by atoms with Crippen molar-refractivity contribution in [2.75, 3.05) is 11.8 Å².